The summed E-state index contributed by atoms with van der Waals surface area (Å²) in [6, 6.07) is 1.91. The van der Waals surface area contributed by atoms with Crippen molar-refractivity contribution in [3.05, 3.63) is 17.6 Å². The largest absolute Gasteiger partial charge is 0.466 e. The zero-order chi connectivity index (χ0) is 8.04. The minimum absolute atomic E-state index is 0. The Morgan fingerprint density at radius 1 is 1.36 bits per heavy atom. The second-order valence-electron chi connectivity index (χ2n) is 1.20. The van der Waals surface area contributed by atoms with E-state index in [0.717, 1.165) is 0 Å². The van der Waals surface area contributed by atoms with Crippen LogP contribution in [0.15, 0.2) is 17.6 Å². The Kier molecular flexibility index (Phi) is 8.72. The molecule has 1 heterocycles. The van der Waals surface area contributed by atoms with E-state index in [1.54, 1.807) is 6.20 Å². The van der Waals surface area contributed by atoms with Gasteiger partial charge in [0.1, 0.15) is 0 Å². The van der Waals surface area contributed by atoms with Gasteiger partial charge in [0.05, 0.1) is 0 Å². The first-order valence-electron chi connectivity index (χ1n) is 2.13. The number of rotatable bonds is 0. The van der Waals surface area contributed by atoms with Gasteiger partial charge in [0.2, 0.25) is 0 Å². The predicted octanol–water partition coefficient (Wildman–Crippen LogP) is 0.212. The molecule has 0 aromatic carbocycles. The molecule has 0 aliphatic heterocycles. The van der Waals surface area contributed by atoms with Gasteiger partial charge >= 0.3 is 7.82 Å². The minimum Gasteiger partial charge on any atom is -0.303 e. The van der Waals surface area contributed by atoms with E-state index in [1.165, 1.54) is 11.5 Å². The molecule has 0 amide bonds. The van der Waals surface area contributed by atoms with Crippen LogP contribution in [0, 0.1) is 0 Å². The van der Waals surface area contributed by atoms with Gasteiger partial charge in [-0.25, -0.2) is 8.94 Å². The summed E-state index contributed by atoms with van der Waals surface area (Å²) in [7, 11) is -4.64. The molecule has 0 bridgehead atoms. The van der Waals surface area contributed by atoms with Gasteiger partial charge in [-0.15, -0.1) is 0 Å². The summed E-state index contributed by atoms with van der Waals surface area (Å²) in [5, 5.41) is 1.93. The summed E-state index contributed by atoms with van der Waals surface area (Å²) in [5.41, 5.74) is 0. The summed E-state index contributed by atoms with van der Waals surface area (Å²) in [6.45, 7) is 0. The number of hydrogen-bond acceptors (Lipinski definition) is 3. The quantitative estimate of drug-likeness (QED) is 0.450. The molecular weight excluding hydrogens is 241 g/mol. The Morgan fingerprint density at radius 3 is 1.91 bits per heavy atom. The van der Waals surface area contributed by atoms with E-state index in [2.05, 4.69) is 4.37 Å². The smallest absolute Gasteiger partial charge is 0.303 e. The van der Waals surface area contributed by atoms with Gasteiger partial charge in [-0.2, -0.15) is 0 Å². The van der Waals surface area contributed by atoms with Crippen LogP contribution in [0.5, 0.6) is 0 Å². The van der Waals surface area contributed by atoms with Gasteiger partial charge in [0, 0.05) is 28.6 Å². The Balaban J connectivity index is 0. The standard InChI is InChI=1S/C3H3NS.Cu.H3O4P/c1-2-4-5-3-1;;1-5(2,3)4/h1-3H;;(H3,1,2,3,4). The van der Waals surface area contributed by atoms with Crippen molar-refractivity contribution in [1.82, 2.24) is 4.37 Å². The number of nitrogens with zero attached hydrogens (tertiary/aromatic N) is 1. The average molecular weight is 247 g/mol. The first-order chi connectivity index (χ1) is 4.50. The molecule has 0 saturated heterocycles. The van der Waals surface area contributed by atoms with Crippen molar-refractivity contribution in [3.63, 3.8) is 0 Å². The molecule has 5 nitrogen and oxygen atoms in total. The van der Waals surface area contributed by atoms with Crippen molar-refractivity contribution in [1.29, 1.82) is 0 Å². The monoisotopic (exact) mass is 246 g/mol. The Hall–Kier alpha value is 0.259. The van der Waals surface area contributed by atoms with E-state index in [0.29, 0.717) is 0 Å². The third-order valence-electron chi connectivity index (χ3n) is 0.347. The van der Waals surface area contributed by atoms with E-state index < -0.39 is 7.82 Å². The molecular formula is C3H6CuNO4PS. The summed E-state index contributed by atoms with van der Waals surface area (Å²) < 4.78 is 12.6. The summed E-state index contributed by atoms with van der Waals surface area (Å²) in [4.78, 5) is 21.6. The van der Waals surface area contributed by atoms with Crippen molar-refractivity contribution in [2.45, 2.75) is 0 Å². The Labute approximate surface area is 78.0 Å². The SMILES string of the molecule is O=P(O)(O)O.[Cu].c1cnsc1. The van der Waals surface area contributed by atoms with E-state index in [9.17, 15) is 0 Å². The predicted molar refractivity (Wildman–Crippen MR) is 36.4 cm³/mol. The van der Waals surface area contributed by atoms with E-state index in [4.69, 9.17) is 19.2 Å². The van der Waals surface area contributed by atoms with Crippen LogP contribution in [-0.2, 0) is 21.6 Å². The normalized spacial score (nSPS) is 9.00. The fourth-order valence-electron chi connectivity index (χ4n) is 0.176. The van der Waals surface area contributed by atoms with Crippen molar-refractivity contribution < 1.29 is 36.3 Å². The molecule has 69 valence electrons. The molecule has 1 aromatic rings. The van der Waals surface area contributed by atoms with Crippen LogP contribution in [0.2, 0.25) is 0 Å². The maximum absolute atomic E-state index is 8.88. The summed E-state index contributed by atoms with van der Waals surface area (Å²) >= 11 is 1.46. The van der Waals surface area contributed by atoms with Crippen LogP contribution in [0.3, 0.4) is 0 Å². The Bertz CT molecular complexity index is 174. The van der Waals surface area contributed by atoms with Crippen LogP contribution in [-0.4, -0.2) is 19.1 Å². The molecule has 1 radical (unpaired) electrons. The van der Waals surface area contributed by atoms with Gasteiger partial charge in [0.25, 0.3) is 0 Å². The zero-order valence-corrected chi connectivity index (χ0v) is 7.74. The number of hydrogen-bond donors (Lipinski definition) is 3. The Morgan fingerprint density at radius 2 is 1.82 bits per heavy atom. The average Bonchev–Trinajstić information content (AvgIpc) is 2.07. The second kappa shape index (κ2) is 6.94. The maximum Gasteiger partial charge on any atom is 0.466 e. The van der Waals surface area contributed by atoms with Crippen molar-refractivity contribution >= 4 is 19.4 Å². The minimum atomic E-state index is -4.64. The molecule has 0 saturated carbocycles. The van der Waals surface area contributed by atoms with Gasteiger partial charge in [-0.05, 0) is 17.6 Å². The molecule has 0 aliphatic rings. The topological polar surface area (TPSA) is 90.7 Å². The van der Waals surface area contributed by atoms with E-state index >= 15 is 0 Å². The molecule has 1 rings (SSSR count). The van der Waals surface area contributed by atoms with Crippen LogP contribution in [0.1, 0.15) is 0 Å². The third-order valence-corrected chi connectivity index (χ3v) is 0.869. The fraction of sp³-hybridized carbons (Fsp3) is 0. The molecule has 3 N–H and O–H groups in total. The molecule has 0 aliphatic carbocycles. The van der Waals surface area contributed by atoms with Gasteiger partial charge < -0.3 is 14.7 Å². The molecule has 11 heavy (non-hydrogen) atoms. The van der Waals surface area contributed by atoms with Crippen LogP contribution < -0.4 is 0 Å². The molecule has 0 fully saturated rings. The fourth-order valence-corrected chi connectivity index (χ4v) is 0.527. The maximum atomic E-state index is 8.88. The first kappa shape index (κ1) is 13.8. The number of phosphoric acid groups is 1. The second-order valence-corrected chi connectivity index (χ2v) is 2.92. The molecule has 1 aromatic heterocycles. The molecule has 8 heteroatoms. The first-order valence-corrected chi connectivity index (χ1v) is 4.53. The van der Waals surface area contributed by atoms with Gasteiger partial charge in [-0.1, -0.05) is 0 Å². The van der Waals surface area contributed by atoms with Crippen LogP contribution >= 0.6 is 19.4 Å². The third kappa shape index (κ3) is 25.3. The zero-order valence-electron chi connectivity index (χ0n) is 5.09. The van der Waals surface area contributed by atoms with Crippen LogP contribution in [0.4, 0.5) is 0 Å². The summed E-state index contributed by atoms with van der Waals surface area (Å²) in [6.07, 6.45) is 1.77. The van der Waals surface area contributed by atoms with E-state index in [-0.39, 0.29) is 17.1 Å². The number of aromatic nitrogens is 1. The van der Waals surface area contributed by atoms with E-state index in [1.807, 2.05) is 11.4 Å². The van der Waals surface area contributed by atoms with Crippen molar-refractivity contribution in [2.75, 3.05) is 0 Å². The van der Waals surface area contributed by atoms with Crippen LogP contribution in [0.25, 0.3) is 0 Å². The molecule has 0 spiro atoms. The molecule has 0 unspecified atom stereocenters. The van der Waals surface area contributed by atoms with Crippen molar-refractivity contribution in [3.8, 4) is 0 Å². The summed E-state index contributed by atoms with van der Waals surface area (Å²) in [5.74, 6) is 0. The van der Waals surface area contributed by atoms with Gasteiger partial charge in [-0.3, -0.25) is 0 Å². The molecule has 0 atom stereocenters. The van der Waals surface area contributed by atoms with Gasteiger partial charge in [0.15, 0.2) is 0 Å². The van der Waals surface area contributed by atoms with Crippen molar-refractivity contribution in [2.24, 2.45) is 0 Å².